The van der Waals surface area contributed by atoms with E-state index >= 15 is 0 Å². The van der Waals surface area contributed by atoms with E-state index in [0.29, 0.717) is 48.8 Å². The molecule has 1 saturated heterocycles. The molecule has 1 aliphatic heterocycles. The highest BCUT2D eigenvalue weighted by Crippen LogP contribution is 2.28. The number of sulfonamides is 1. The average molecular weight is 623 g/mol. The molecule has 2 aromatic carbocycles. The number of carbonyl (C=O) groups is 1. The van der Waals surface area contributed by atoms with Gasteiger partial charge in [-0.2, -0.15) is 0 Å². The monoisotopic (exact) mass is 622 g/mol. The van der Waals surface area contributed by atoms with E-state index in [-0.39, 0.29) is 29.8 Å². The molecule has 0 unspecified atom stereocenters. The highest BCUT2D eigenvalue weighted by atomic mass is 32.2. The first-order chi connectivity index (χ1) is 20.2. The standard InChI is InChI=1S/C32H48F2N4O4S/c1-6-35-27-17-24(18-28(20-27)38-12-7-8-13-43(38,41)42)31(40)37-29(16-23-14-25(33)19-26(34)15-23)30(39)21-36-32(4,5)11-9-10-22(2)3/h14-15,17-20,22,29-30,35-36,39H,6-13,16,21H2,1-5H3,(H,37,40)/t29-,30+/m0/s1. The number of amides is 1. The smallest absolute Gasteiger partial charge is 0.251 e. The molecule has 0 spiro atoms. The van der Waals surface area contributed by atoms with Crippen LogP contribution in [-0.2, 0) is 16.4 Å². The van der Waals surface area contributed by atoms with E-state index in [9.17, 15) is 27.1 Å². The summed E-state index contributed by atoms with van der Waals surface area (Å²) < 4.78 is 55.0. The van der Waals surface area contributed by atoms with E-state index in [2.05, 4.69) is 43.6 Å². The molecule has 0 radical (unpaired) electrons. The van der Waals surface area contributed by atoms with Gasteiger partial charge in [-0.3, -0.25) is 9.10 Å². The Hall–Kier alpha value is -2.76. The number of β-amino-alcohol motifs (C(OH)–C–C–N with tert-alkyl or cyclic N) is 1. The first-order valence-electron chi connectivity index (χ1n) is 15.3. The number of nitrogens with zero attached hydrogens (tertiary/aromatic N) is 1. The van der Waals surface area contributed by atoms with Crippen molar-refractivity contribution < 1.29 is 27.1 Å². The molecular formula is C32H48F2N4O4S. The molecular weight excluding hydrogens is 574 g/mol. The van der Waals surface area contributed by atoms with Crippen molar-refractivity contribution in [3.05, 3.63) is 59.2 Å². The maximum absolute atomic E-state index is 14.0. The van der Waals surface area contributed by atoms with Gasteiger partial charge in [0.2, 0.25) is 10.0 Å². The molecule has 240 valence electrons. The van der Waals surface area contributed by atoms with Gasteiger partial charge < -0.3 is 21.1 Å². The van der Waals surface area contributed by atoms with Crippen molar-refractivity contribution in [3.8, 4) is 0 Å². The van der Waals surface area contributed by atoms with Crippen LogP contribution < -0.4 is 20.3 Å². The Morgan fingerprint density at radius 1 is 1.07 bits per heavy atom. The Morgan fingerprint density at radius 2 is 1.77 bits per heavy atom. The third kappa shape index (κ3) is 10.7. The molecule has 4 N–H and O–H groups in total. The van der Waals surface area contributed by atoms with Gasteiger partial charge in [0.05, 0.1) is 23.6 Å². The fourth-order valence-electron chi connectivity index (χ4n) is 5.35. The van der Waals surface area contributed by atoms with E-state index < -0.39 is 39.7 Å². The molecule has 1 heterocycles. The summed E-state index contributed by atoms with van der Waals surface area (Å²) >= 11 is 0. The van der Waals surface area contributed by atoms with Crippen molar-refractivity contribution in [1.29, 1.82) is 0 Å². The molecule has 0 aromatic heterocycles. The number of carbonyl (C=O) groups excluding carboxylic acids is 1. The Kier molecular flexibility index (Phi) is 12.4. The summed E-state index contributed by atoms with van der Waals surface area (Å²) in [6.45, 7) is 11.4. The molecule has 2 atom stereocenters. The minimum Gasteiger partial charge on any atom is -0.390 e. The van der Waals surface area contributed by atoms with E-state index in [1.807, 2.05) is 6.92 Å². The van der Waals surface area contributed by atoms with Crippen LogP contribution in [0.25, 0.3) is 0 Å². The summed E-state index contributed by atoms with van der Waals surface area (Å²) in [6, 6.07) is 7.11. The molecule has 0 bridgehead atoms. The maximum Gasteiger partial charge on any atom is 0.251 e. The predicted molar refractivity (Wildman–Crippen MR) is 169 cm³/mol. The molecule has 0 aliphatic carbocycles. The van der Waals surface area contributed by atoms with Gasteiger partial charge in [0.15, 0.2) is 0 Å². The second-order valence-electron chi connectivity index (χ2n) is 12.6. The molecule has 11 heteroatoms. The van der Waals surface area contributed by atoms with Crippen molar-refractivity contribution in [3.63, 3.8) is 0 Å². The Balaban J connectivity index is 1.86. The number of aliphatic hydroxyl groups excluding tert-OH is 1. The molecule has 2 aromatic rings. The molecule has 1 fully saturated rings. The van der Waals surface area contributed by atoms with Crippen LogP contribution in [-0.4, -0.2) is 62.5 Å². The zero-order valence-electron chi connectivity index (χ0n) is 26.1. The second-order valence-corrected chi connectivity index (χ2v) is 14.6. The number of hydrogen-bond donors (Lipinski definition) is 4. The van der Waals surface area contributed by atoms with Crippen LogP contribution in [0.3, 0.4) is 0 Å². The largest absolute Gasteiger partial charge is 0.390 e. The van der Waals surface area contributed by atoms with Gasteiger partial charge in [-0.25, -0.2) is 17.2 Å². The predicted octanol–water partition coefficient (Wildman–Crippen LogP) is 5.22. The second kappa shape index (κ2) is 15.3. The van der Waals surface area contributed by atoms with Crippen molar-refractivity contribution in [2.24, 2.45) is 5.92 Å². The molecule has 0 saturated carbocycles. The SMILES string of the molecule is CCNc1cc(C(=O)N[C@@H](Cc2cc(F)cc(F)c2)[C@H](O)CNC(C)(C)CCCC(C)C)cc(N2CCCCS2(=O)=O)c1. The Labute approximate surface area is 255 Å². The molecule has 1 amide bonds. The third-order valence-corrected chi connectivity index (χ3v) is 9.60. The van der Waals surface area contributed by atoms with E-state index in [0.717, 1.165) is 25.3 Å². The van der Waals surface area contributed by atoms with Crippen molar-refractivity contribution in [1.82, 2.24) is 10.6 Å². The molecule has 8 nitrogen and oxygen atoms in total. The average Bonchev–Trinajstić information content (AvgIpc) is 2.90. The van der Waals surface area contributed by atoms with Crippen LogP contribution in [0.5, 0.6) is 0 Å². The van der Waals surface area contributed by atoms with Gasteiger partial charge in [-0.1, -0.05) is 26.7 Å². The van der Waals surface area contributed by atoms with Crippen molar-refractivity contribution in [2.45, 2.75) is 90.8 Å². The lowest BCUT2D eigenvalue weighted by Gasteiger charge is -2.31. The lowest BCUT2D eigenvalue weighted by molar-refractivity contribution is 0.0811. The number of hydrogen-bond acceptors (Lipinski definition) is 6. The number of anilines is 2. The quantitative estimate of drug-likeness (QED) is 0.217. The zero-order chi connectivity index (χ0) is 31.8. The van der Waals surface area contributed by atoms with Gasteiger partial charge in [-0.05, 0) is 88.3 Å². The minimum absolute atomic E-state index is 0.0166. The zero-order valence-corrected chi connectivity index (χ0v) is 26.9. The van der Waals surface area contributed by atoms with Gasteiger partial charge in [0.25, 0.3) is 5.91 Å². The van der Waals surface area contributed by atoms with Crippen LogP contribution >= 0.6 is 0 Å². The van der Waals surface area contributed by atoms with Crippen LogP contribution in [0.1, 0.15) is 82.6 Å². The highest BCUT2D eigenvalue weighted by Gasteiger charge is 2.29. The van der Waals surface area contributed by atoms with Gasteiger partial charge in [0.1, 0.15) is 11.6 Å². The maximum atomic E-state index is 14.0. The van der Waals surface area contributed by atoms with Crippen LogP contribution in [0.15, 0.2) is 36.4 Å². The van der Waals surface area contributed by atoms with Crippen LogP contribution in [0.4, 0.5) is 20.2 Å². The van der Waals surface area contributed by atoms with Crippen LogP contribution in [0.2, 0.25) is 0 Å². The number of halogens is 2. The van der Waals surface area contributed by atoms with Gasteiger partial charge >= 0.3 is 0 Å². The molecule has 43 heavy (non-hydrogen) atoms. The number of aliphatic hydroxyl groups is 1. The van der Waals surface area contributed by atoms with E-state index in [1.165, 1.54) is 22.5 Å². The lowest BCUT2D eigenvalue weighted by atomic mass is 9.93. The summed E-state index contributed by atoms with van der Waals surface area (Å²) in [7, 11) is -3.51. The summed E-state index contributed by atoms with van der Waals surface area (Å²) in [5, 5.41) is 20.7. The highest BCUT2D eigenvalue weighted by molar-refractivity contribution is 7.92. The number of nitrogens with one attached hydrogen (secondary N) is 3. The first-order valence-corrected chi connectivity index (χ1v) is 16.9. The minimum atomic E-state index is -3.51. The van der Waals surface area contributed by atoms with Crippen LogP contribution in [0, 0.1) is 17.6 Å². The lowest BCUT2D eigenvalue weighted by Crippen LogP contribution is -2.52. The topological polar surface area (TPSA) is 111 Å². The summed E-state index contributed by atoms with van der Waals surface area (Å²) in [6.07, 6.45) is 3.20. The van der Waals surface area contributed by atoms with Crippen molar-refractivity contribution in [2.75, 3.05) is 35.0 Å². The summed E-state index contributed by atoms with van der Waals surface area (Å²) in [5.41, 5.74) is 1.19. The van der Waals surface area contributed by atoms with Crippen molar-refractivity contribution >= 4 is 27.3 Å². The summed E-state index contributed by atoms with van der Waals surface area (Å²) in [4.78, 5) is 13.7. The van der Waals surface area contributed by atoms with E-state index in [1.54, 1.807) is 12.1 Å². The summed E-state index contributed by atoms with van der Waals surface area (Å²) in [5.74, 6) is -1.39. The molecule has 3 rings (SSSR count). The fraction of sp³-hybridized carbons (Fsp3) is 0.594. The normalized spacial score (nSPS) is 16.6. The number of rotatable bonds is 15. The Morgan fingerprint density at radius 3 is 2.40 bits per heavy atom. The molecule has 1 aliphatic rings. The number of benzene rings is 2. The third-order valence-electron chi connectivity index (χ3n) is 7.73. The first kappa shape index (κ1) is 34.7. The van der Waals surface area contributed by atoms with E-state index in [4.69, 9.17) is 0 Å². The van der Waals surface area contributed by atoms with Gasteiger partial charge in [-0.15, -0.1) is 0 Å². The fourth-order valence-corrected chi connectivity index (χ4v) is 6.98. The Bertz CT molecular complexity index is 1320. The van der Waals surface area contributed by atoms with Gasteiger partial charge in [0, 0.05) is 42.5 Å².